The van der Waals surface area contributed by atoms with E-state index in [1.807, 2.05) is 0 Å². The van der Waals surface area contributed by atoms with Crippen LogP contribution in [0.25, 0.3) is 0 Å². The van der Waals surface area contributed by atoms with Crippen LogP contribution in [0.1, 0.15) is 0 Å². The van der Waals surface area contributed by atoms with Crippen LogP contribution in [0.5, 0.6) is 0 Å². The summed E-state index contributed by atoms with van der Waals surface area (Å²) in [6.45, 7) is 0. The van der Waals surface area contributed by atoms with Gasteiger partial charge < -0.3 is 5.73 Å². The van der Waals surface area contributed by atoms with Crippen molar-refractivity contribution in [1.29, 1.82) is 0 Å². The maximum Gasteiger partial charge on any atom is 0.203 e. The van der Waals surface area contributed by atoms with Gasteiger partial charge in [-0.15, -0.1) is 10.2 Å². The third-order valence-corrected chi connectivity index (χ3v) is 3.30. The van der Waals surface area contributed by atoms with E-state index in [2.05, 4.69) is 36.1 Å². The molecule has 8 heteroatoms. The molecule has 5 nitrogen and oxygen atoms in total. The summed E-state index contributed by atoms with van der Waals surface area (Å²) in [5.74, 6) is 0. The average Bonchev–Trinajstić information content (AvgIpc) is 2.56. The first kappa shape index (κ1) is 9.81. The minimum atomic E-state index is 0.449. The van der Waals surface area contributed by atoms with Crippen LogP contribution in [0.3, 0.4) is 0 Å². The lowest BCUT2D eigenvalue weighted by Crippen LogP contribution is -1.84. The zero-order valence-corrected chi connectivity index (χ0v) is 9.93. The second-order valence-corrected chi connectivity index (χ2v) is 5.33. The van der Waals surface area contributed by atoms with Gasteiger partial charge in [0.2, 0.25) is 5.13 Å². The minimum absolute atomic E-state index is 0.449. The van der Waals surface area contributed by atoms with Gasteiger partial charge in [-0.2, -0.15) is 0 Å². The van der Waals surface area contributed by atoms with Crippen LogP contribution in [0.4, 0.5) is 5.13 Å². The number of nitrogen functional groups attached to an aromatic ring is 1. The zero-order valence-electron chi connectivity index (χ0n) is 6.72. The molecule has 2 aromatic heterocycles. The van der Waals surface area contributed by atoms with Gasteiger partial charge in [-0.05, 0) is 27.7 Å². The molecule has 0 radical (unpaired) electrons. The van der Waals surface area contributed by atoms with Gasteiger partial charge in [-0.1, -0.05) is 11.3 Å². The van der Waals surface area contributed by atoms with E-state index < -0.39 is 0 Å². The Labute approximate surface area is 96.3 Å². The lowest BCUT2D eigenvalue weighted by Gasteiger charge is -1.93. The quantitative estimate of drug-likeness (QED) is 0.850. The zero-order chi connectivity index (χ0) is 9.97. The van der Waals surface area contributed by atoms with Crippen LogP contribution in [0, 0.1) is 0 Å². The van der Waals surface area contributed by atoms with Crippen LogP contribution < -0.4 is 5.73 Å². The van der Waals surface area contributed by atoms with Crippen molar-refractivity contribution in [2.24, 2.45) is 0 Å². The van der Waals surface area contributed by atoms with Gasteiger partial charge in [0.25, 0.3) is 0 Å². The number of hydrogen-bond acceptors (Lipinski definition) is 7. The molecule has 0 aliphatic heterocycles. The summed E-state index contributed by atoms with van der Waals surface area (Å²) in [4.78, 5) is 8.17. The Morgan fingerprint density at radius 1 is 1.29 bits per heavy atom. The summed E-state index contributed by atoms with van der Waals surface area (Å²) in [6.07, 6.45) is 3.36. The molecule has 2 rings (SSSR count). The lowest BCUT2D eigenvalue weighted by molar-refractivity contribution is 0.948. The standard InChI is InChI=1S/C6H4BrN5S2/c7-3-1-9-5(10-2-3)14-6-12-11-4(8)13-6/h1-2H,(H2,8,11). The number of aromatic nitrogens is 4. The van der Waals surface area contributed by atoms with E-state index in [0.29, 0.717) is 10.3 Å². The first-order chi connectivity index (χ1) is 6.74. The van der Waals surface area contributed by atoms with Crippen molar-refractivity contribution in [3.8, 4) is 0 Å². The van der Waals surface area contributed by atoms with Gasteiger partial charge in [-0.25, -0.2) is 9.97 Å². The van der Waals surface area contributed by atoms with Crippen molar-refractivity contribution in [3.05, 3.63) is 16.9 Å². The van der Waals surface area contributed by atoms with Gasteiger partial charge in [0.1, 0.15) is 0 Å². The summed E-state index contributed by atoms with van der Waals surface area (Å²) in [5, 5.41) is 8.62. The highest BCUT2D eigenvalue weighted by Gasteiger charge is 2.05. The second kappa shape index (κ2) is 4.20. The molecule has 0 fully saturated rings. The van der Waals surface area contributed by atoms with Crippen LogP contribution in [0.15, 0.2) is 26.4 Å². The third kappa shape index (κ3) is 2.40. The van der Waals surface area contributed by atoms with Crippen molar-refractivity contribution >= 4 is 44.2 Å². The molecule has 0 aliphatic carbocycles. The van der Waals surface area contributed by atoms with Gasteiger partial charge >= 0.3 is 0 Å². The Hall–Kier alpha value is -0.730. The molecule has 2 N–H and O–H groups in total. The topological polar surface area (TPSA) is 77.6 Å². The van der Waals surface area contributed by atoms with Crippen molar-refractivity contribution in [1.82, 2.24) is 20.2 Å². The van der Waals surface area contributed by atoms with E-state index in [-0.39, 0.29) is 0 Å². The molecule has 0 aliphatic rings. The van der Waals surface area contributed by atoms with Crippen molar-refractivity contribution < 1.29 is 0 Å². The molecule has 0 amide bonds. The third-order valence-electron chi connectivity index (χ3n) is 1.20. The fraction of sp³-hybridized carbons (Fsp3) is 0. The van der Waals surface area contributed by atoms with E-state index in [9.17, 15) is 0 Å². The number of nitrogens with zero attached hydrogens (tertiary/aromatic N) is 4. The maximum absolute atomic E-state index is 5.44. The largest absolute Gasteiger partial charge is 0.374 e. The molecular formula is C6H4BrN5S2. The molecule has 0 spiro atoms. The van der Waals surface area contributed by atoms with Gasteiger partial charge in [0.15, 0.2) is 9.50 Å². The first-order valence-electron chi connectivity index (χ1n) is 3.48. The average molecular weight is 290 g/mol. The molecule has 0 atom stereocenters. The molecule has 72 valence electrons. The minimum Gasteiger partial charge on any atom is -0.374 e. The normalized spacial score (nSPS) is 10.4. The fourth-order valence-electron chi connectivity index (χ4n) is 0.693. The number of halogens is 1. The summed E-state index contributed by atoms with van der Waals surface area (Å²) < 4.78 is 1.59. The highest BCUT2D eigenvalue weighted by atomic mass is 79.9. The molecular weight excluding hydrogens is 286 g/mol. The van der Waals surface area contributed by atoms with Crippen LogP contribution in [0.2, 0.25) is 0 Å². The SMILES string of the molecule is Nc1nnc(Sc2ncc(Br)cn2)s1. The molecule has 14 heavy (non-hydrogen) atoms. The fourth-order valence-corrected chi connectivity index (χ4v) is 2.33. The summed E-state index contributed by atoms with van der Waals surface area (Å²) in [6, 6.07) is 0. The number of hydrogen-bond donors (Lipinski definition) is 1. The highest BCUT2D eigenvalue weighted by Crippen LogP contribution is 2.28. The molecule has 0 saturated heterocycles. The molecule has 0 saturated carbocycles. The number of rotatable bonds is 2. The first-order valence-corrected chi connectivity index (χ1v) is 5.91. The van der Waals surface area contributed by atoms with E-state index in [1.165, 1.54) is 23.1 Å². The Balaban J connectivity index is 2.15. The van der Waals surface area contributed by atoms with Crippen molar-refractivity contribution in [3.63, 3.8) is 0 Å². The summed E-state index contributed by atoms with van der Waals surface area (Å²) in [5.41, 5.74) is 5.44. The van der Waals surface area contributed by atoms with E-state index in [0.717, 1.165) is 8.81 Å². The summed E-state index contributed by atoms with van der Waals surface area (Å²) in [7, 11) is 0. The number of nitrogens with two attached hydrogens (primary N) is 1. The Morgan fingerprint density at radius 2 is 2.00 bits per heavy atom. The molecule has 0 unspecified atom stereocenters. The predicted octanol–water partition coefficient (Wildman–Crippen LogP) is 1.82. The van der Waals surface area contributed by atoms with Crippen LogP contribution >= 0.6 is 39.0 Å². The van der Waals surface area contributed by atoms with Gasteiger partial charge in [0.05, 0.1) is 4.47 Å². The van der Waals surface area contributed by atoms with E-state index in [1.54, 1.807) is 12.4 Å². The van der Waals surface area contributed by atoms with Gasteiger partial charge in [-0.3, -0.25) is 0 Å². The Bertz CT molecular complexity index is 428. The molecule has 2 aromatic rings. The van der Waals surface area contributed by atoms with Crippen LogP contribution in [-0.2, 0) is 0 Å². The lowest BCUT2D eigenvalue weighted by atomic mass is 10.7. The number of anilines is 1. The smallest absolute Gasteiger partial charge is 0.203 e. The Kier molecular flexibility index (Phi) is 2.94. The van der Waals surface area contributed by atoms with Crippen molar-refractivity contribution in [2.45, 2.75) is 9.50 Å². The highest BCUT2D eigenvalue weighted by molar-refractivity contribution is 9.10. The maximum atomic E-state index is 5.44. The second-order valence-electron chi connectivity index (χ2n) is 2.19. The monoisotopic (exact) mass is 289 g/mol. The predicted molar refractivity (Wildman–Crippen MR) is 58.2 cm³/mol. The van der Waals surface area contributed by atoms with Crippen molar-refractivity contribution in [2.75, 3.05) is 5.73 Å². The summed E-state index contributed by atoms with van der Waals surface area (Å²) >= 11 is 5.91. The van der Waals surface area contributed by atoms with Crippen LogP contribution in [-0.4, -0.2) is 20.2 Å². The molecule has 0 bridgehead atoms. The Morgan fingerprint density at radius 3 is 2.57 bits per heavy atom. The van der Waals surface area contributed by atoms with E-state index in [4.69, 9.17) is 5.73 Å². The molecule has 2 heterocycles. The molecule has 0 aromatic carbocycles. The van der Waals surface area contributed by atoms with Gasteiger partial charge in [0, 0.05) is 12.4 Å². The van der Waals surface area contributed by atoms with E-state index >= 15 is 0 Å².